The number of piperidine rings is 1. The Bertz CT molecular complexity index is 583. The molecule has 0 radical (unpaired) electrons. The van der Waals surface area contributed by atoms with Crippen LogP contribution in [0.3, 0.4) is 0 Å². The van der Waals surface area contributed by atoms with Gasteiger partial charge in [0, 0.05) is 25.6 Å². The van der Waals surface area contributed by atoms with Gasteiger partial charge in [-0.25, -0.2) is 8.42 Å². The normalized spacial score (nSPS) is 38.7. The smallest absolute Gasteiger partial charge is 0.225 e. The molecule has 2 saturated carbocycles. The van der Waals surface area contributed by atoms with E-state index in [1.165, 1.54) is 0 Å². The number of nitrogens with zero attached hydrogens (tertiary/aromatic N) is 2. The summed E-state index contributed by atoms with van der Waals surface area (Å²) in [5.41, 5.74) is 0. The molecule has 0 aromatic heterocycles. The van der Waals surface area contributed by atoms with Crippen molar-refractivity contribution in [3.8, 4) is 0 Å². The highest BCUT2D eigenvalue weighted by atomic mass is 32.2. The van der Waals surface area contributed by atoms with Gasteiger partial charge in [-0.05, 0) is 38.0 Å². The Kier molecular flexibility index (Phi) is 3.93. The summed E-state index contributed by atoms with van der Waals surface area (Å²) in [6.45, 7) is 4.28. The molecule has 7 heteroatoms. The van der Waals surface area contributed by atoms with Crippen molar-refractivity contribution < 1.29 is 17.9 Å². The first-order chi connectivity index (χ1) is 11.0. The quantitative estimate of drug-likeness (QED) is 0.762. The molecule has 130 valence electrons. The topological polar surface area (TPSA) is 66.9 Å². The molecule has 2 atom stereocenters. The fourth-order valence-electron chi connectivity index (χ4n) is 4.28. The minimum absolute atomic E-state index is 0.0540. The summed E-state index contributed by atoms with van der Waals surface area (Å²) < 4.78 is 32.8. The molecule has 4 fully saturated rings. The fourth-order valence-corrected chi connectivity index (χ4v) is 6.30. The van der Waals surface area contributed by atoms with Crippen LogP contribution in [-0.4, -0.2) is 67.2 Å². The molecule has 0 N–H and O–H groups in total. The number of ether oxygens (including phenoxy) is 1. The number of carbonyl (C=O) groups excluding carboxylic acids is 1. The van der Waals surface area contributed by atoms with Crippen LogP contribution in [0.4, 0.5) is 0 Å². The molecular formula is C16H26N2O4S. The molecule has 2 aliphatic heterocycles. The Labute approximate surface area is 138 Å². The summed E-state index contributed by atoms with van der Waals surface area (Å²) in [6.07, 6.45) is 4.20. The number of sulfonamides is 1. The molecule has 23 heavy (non-hydrogen) atoms. The zero-order chi connectivity index (χ0) is 16.2. The molecular weight excluding hydrogens is 316 g/mol. The lowest BCUT2D eigenvalue weighted by Crippen LogP contribution is -2.63. The van der Waals surface area contributed by atoms with Crippen LogP contribution in [0.5, 0.6) is 0 Å². The zero-order valence-corrected chi connectivity index (χ0v) is 14.5. The third-order valence-corrected chi connectivity index (χ3v) is 8.26. The Hall–Kier alpha value is -0.660. The summed E-state index contributed by atoms with van der Waals surface area (Å²) in [6, 6.07) is -0.190. The second-order valence-corrected chi connectivity index (χ2v) is 9.84. The molecule has 4 aliphatic rings. The van der Waals surface area contributed by atoms with E-state index in [1.807, 2.05) is 4.90 Å². The minimum atomic E-state index is -3.21. The van der Waals surface area contributed by atoms with Crippen LogP contribution < -0.4 is 0 Å². The third-order valence-electron chi connectivity index (χ3n) is 5.84. The average molecular weight is 342 g/mol. The van der Waals surface area contributed by atoms with Crippen molar-refractivity contribution in [2.75, 3.05) is 26.2 Å². The maximum absolute atomic E-state index is 12.7. The lowest BCUT2D eigenvalue weighted by Gasteiger charge is -2.47. The summed E-state index contributed by atoms with van der Waals surface area (Å²) in [5, 5.41) is -0.195. The summed E-state index contributed by atoms with van der Waals surface area (Å²) in [7, 11) is -3.21. The van der Waals surface area contributed by atoms with Crippen LogP contribution in [0.1, 0.15) is 39.0 Å². The van der Waals surface area contributed by atoms with E-state index in [0.717, 1.165) is 32.1 Å². The van der Waals surface area contributed by atoms with Gasteiger partial charge in [0.1, 0.15) is 0 Å². The predicted octanol–water partition coefficient (Wildman–Crippen LogP) is 0.826. The summed E-state index contributed by atoms with van der Waals surface area (Å²) in [4.78, 5) is 14.5. The number of hydrogen-bond donors (Lipinski definition) is 0. The highest BCUT2D eigenvalue weighted by molar-refractivity contribution is 7.90. The van der Waals surface area contributed by atoms with Gasteiger partial charge in [-0.15, -0.1) is 0 Å². The van der Waals surface area contributed by atoms with Crippen LogP contribution in [-0.2, 0) is 19.6 Å². The predicted molar refractivity (Wildman–Crippen MR) is 85.3 cm³/mol. The van der Waals surface area contributed by atoms with E-state index >= 15 is 0 Å². The number of likely N-dealkylation sites (tertiary alicyclic amines) is 1. The minimum Gasteiger partial charge on any atom is -0.375 e. The van der Waals surface area contributed by atoms with Gasteiger partial charge < -0.3 is 9.64 Å². The highest BCUT2D eigenvalue weighted by Crippen LogP contribution is 2.37. The molecule has 2 heterocycles. The van der Waals surface area contributed by atoms with Crippen LogP contribution >= 0.6 is 0 Å². The summed E-state index contributed by atoms with van der Waals surface area (Å²) in [5.74, 6) is 1.02. The van der Waals surface area contributed by atoms with Crippen molar-refractivity contribution in [1.29, 1.82) is 0 Å². The second-order valence-electron chi connectivity index (χ2n) is 7.68. The van der Waals surface area contributed by atoms with E-state index in [9.17, 15) is 13.2 Å². The lowest BCUT2D eigenvalue weighted by atomic mass is 9.75. The van der Waals surface area contributed by atoms with Crippen molar-refractivity contribution in [3.05, 3.63) is 0 Å². The second kappa shape index (κ2) is 5.70. The molecule has 6 nitrogen and oxygen atoms in total. The monoisotopic (exact) mass is 342 g/mol. The largest absolute Gasteiger partial charge is 0.375 e. The van der Waals surface area contributed by atoms with Crippen molar-refractivity contribution in [2.24, 2.45) is 11.8 Å². The van der Waals surface area contributed by atoms with E-state index < -0.39 is 10.0 Å². The van der Waals surface area contributed by atoms with Gasteiger partial charge in [-0.3, -0.25) is 4.79 Å². The van der Waals surface area contributed by atoms with Gasteiger partial charge in [0.05, 0.1) is 24.0 Å². The van der Waals surface area contributed by atoms with Crippen molar-refractivity contribution >= 4 is 15.9 Å². The maximum atomic E-state index is 12.7. The number of carbonyl (C=O) groups is 1. The molecule has 4 rings (SSSR count). The molecule has 0 unspecified atom stereocenters. The molecule has 0 bridgehead atoms. The van der Waals surface area contributed by atoms with Crippen LogP contribution in [0.2, 0.25) is 0 Å². The van der Waals surface area contributed by atoms with Crippen molar-refractivity contribution in [3.63, 3.8) is 0 Å². The first-order valence-electron chi connectivity index (χ1n) is 8.88. The van der Waals surface area contributed by atoms with Gasteiger partial charge in [-0.1, -0.05) is 6.92 Å². The molecule has 0 aromatic carbocycles. The lowest BCUT2D eigenvalue weighted by molar-refractivity contribution is -0.147. The number of fused-ring (bicyclic) bond motifs is 1. The van der Waals surface area contributed by atoms with E-state index in [0.29, 0.717) is 32.2 Å². The number of hydrogen-bond acceptors (Lipinski definition) is 4. The molecule has 1 amide bonds. The van der Waals surface area contributed by atoms with Gasteiger partial charge >= 0.3 is 0 Å². The molecule has 0 aromatic rings. The fraction of sp³-hybridized carbons (Fsp3) is 0.938. The Morgan fingerprint density at radius 1 is 1.13 bits per heavy atom. The van der Waals surface area contributed by atoms with E-state index in [2.05, 4.69) is 6.92 Å². The van der Waals surface area contributed by atoms with Crippen LogP contribution in [0.25, 0.3) is 0 Å². The van der Waals surface area contributed by atoms with Gasteiger partial charge in [-0.2, -0.15) is 4.31 Å². The van der Waals surface area contributed by atoms with Crippen molar-refractivity contribution in [2.45, 2.75) is 56.4 Å². The van der Waals surface area contributed by atoms with Crippen LogP contribution in [0, 0.1) is 11.8 Å². The standard InChI is InChI=1S/C16H26N2O4S/c1-11-8-12(9-11)16(19)17-5-4-15-14(10-17)18(6-7-22-15)23(20,21)13-2-3-13/h11-15H,2-10H2,1H3/t11?,12?,14-,15-/m0/s1. The summed E-state index contributed by atoms with van der Waals surface area (Å²) >= 11 is 0. The molecule has 2 saturated heterocycles. The molecule has 0 spiro atoms. The maximum Gasteiger partial charge on any atom is 0.225 e. The molecule has 2 aliphatic carbocycles. The zero-order valence-electron chi connectivity index (χ0n) is 13.7. The third kappa shape index (κ3) is 2.81. The first kappa shape index (κ1) is 15.8. The Morgan fingerprint density at radius 3 is 2.52 bits per heavy atom. The number of morpholine rings is 1. The SMILES string of the molecule is CC1CC(C(=O)N2CC[C@@H]3OCCN(S(=O)(=O)C4CC4)[C@H]3C2)C1. The van der Waals surface area contributed by atoms with Crippen molar-refractivity contribution in [1.82, 2.24) is 9.21 Å². The van der Waals surface area contributed by atoms with Gasteiger partial charge in [0.15, 0.2) is 0 Å². The number of amides is 1. The number of rotatable bonds is 3. The van der Waals surface area contributed by atoms with Gasteiger partial charge in [0.2, 0.25) is 15.9 Å². The van der Waals surface area contributed by atoms with Gasteiger partial charge in [0.25, 0.3) is 0 Å². The highest BCUT2D eigenvalue weighted by Gasteiger charge is 2.49. The Morgan fingerprint density at radius 2 is 1.87 bits per heavy atom. The van der Waals surface area contributed by atoms with E-state index in [4.69, 9.17) is 4.74 Å². The first-order valence-corrected chi connectivity index (χ1v) is 10.4. The van der Waals surface area contributed by atoms with Crippen LogP contribution in [0.15, 0.2) is 0 Å². The average Bonchev–Trinajstić information content (AvgIpc) is 3.35. The van der Waals surface area contributed by atoms with E-state index in [1.54, 1.807) is 4.31 Å². The Balaban J connectivity index is 1.48. The van der Waals surface area contributed by atoms with E-state index in [-0.39, 0.29) is 29.2 Å².